The smallest absolute Gasteiger partial charge is 0.243 e. The van der Waals surface area contributed by atoms with Crippen LogP contribution in [0.15, 0.2) is 16.6 Å². The van der Waals surface area contributed by atoms with Gasteiger partial charge in [-0.15, -0.1) is 11.3 Å². The van der Waals surface area contributed by atoms with Gasteiger partial charge in [-0.3, -0.25) is 4.79 Å². The number of aliphatic imine (C=N–C) groups is 1. The maximum absolute atomic E-state index is 11.9. The van der Waals surface area contributed by atoms with E-state index in [1.54, 1.807) is 30.3 Å². The van der Waals surface area contributed by atoms with Crippen molar-refractivity contribution in [1.82, 2.24) is 20.1 Å². The Hall–Kier alpha value is -1.67. The van der Waals surface area contributed by atoms with E-state index >= 15 is 0 Å². The van der Waals surface area contributed by atoms with Gasteiger partial charge in [0.05, 0.1) is 11.1 Å². The quantitative estimate of drug-likeness (QED) is 0.576. The number of aromatic nitrogens is 1. The minimum absolute atomic E-state index is 0.0143. The minimum Gasteiger partial charge on any atom is -0.376 e. The lowest BCUT2D eigenvalue weighted by molar-refractivity contribution is -0.127. The van der Waals surface area contributed by atoms with Crippen molar-refractivity contribution in [2.75, 3.05) is 47.4 Å². The van der Waals surface area contributed by atoms with Gasteiger partial charge in [-0.2, -0.15) is 0 Å². The van der Waals surface area contributed by atoms with Crippen LogP contribution < -0.4 is 5.32 Å². The van der Waals surface area contributed by atoms with Gasteiger partial charge in [0, 0.05) is 58.3 Å². The summed E-state index contributed by atoms with van der Waals surface area (Å²) in [6.45, 7) is 4.61. The normalized spacial score (nSPS) is 19.1. The van der Waals surface area contributed by atoms with E-state index in [1.165, 1.54) is 6.42 Å². The van der Waals surface area contributed by atoms with E-state index in [0.717, 1.165) is 37.0 Å². The SMILES string of the molecule is CC(CN(C)C(=NCC(=O)N(C)C)NCC1CCCCO1)c1nccs1. The van der Waals surface area contributed by atoms with E-state index in [2.05, 4.69) is 27.1 Å². The number of nitrogens with one attached hydrogen (secondary N) is 1. The zero-order chi connectivity index (χ0) is 18.9. The average molecular weight is 382 g/mol. The molecule has 146 valence electrons. The van der Waals surface area contributed by atoms with E-state index in [4.69, 9.17) is 4.74 Å². The van der Waals surface area contributed by atoms with Gasteiger partial charge in [-0.25, -0.2) is 9.98 Å². The van der Waals surface area contributed by atoms with Gasteiger partial charge >= 0.3 is 0 Å². The van der Waals surface area contributed by atoms with Crippen LogP contribution >= 0.6 is 11.3 Å². The molecule has 1 aromatic heterocycles. The number of hydrogen-bond acceptors (Lipinski definition) is 5. The van der Waals surface area contributed by atoms with Crippen LogP contribution in [0, 0.1) is 0 Å². The summed E-state index contributed by atoms with van der Waals surface area (Å²) in [4.78, 5) is 24.5. The number of thiazole rings is 1. The molecule has 0 radical (unpaired) electrons. The molecule has 8 heteroatoms. The van der Waals surface area contributed by atoms with E-state index < -0.39 is 0 Å². The van der Waals surface area contributed by atoms with Crippen molar-refractivity contribution < 1.29 is 9.53 Å². The number of carbonyl (C=O) groups excluding carboxylic acids is 1. The summed E-state index contributed by atoms with van der Waals surface area (Å²) in [6, 6.07) is 0. The van der Waals surface area contributed by atoms with Gasteiger partial charge in [0.2, 0.25) is 5.91 Å². The highest BCUT2D eigenvalue weighted by Gasteiger charge is 2.18. The molecule has 0 aliphatic carbocycles. The first kappa shape index (κ1) is 20.6. The van der Waals surface area contributed by atoms with E-state index in [9.17, 15) is 4.79 Å². The molecular weight excluding hydrogens is 350 g/mol. The molecule has 0 saturated carbocycles. The molecule has 2 heterocycles. The lowest BCUT2D eigenvalue weighted by Gasteiger charge is -2.28. The first-order valence-electron chi connectivity index (χ1n) is 9.18. The fourth-order valence-electron chi connectivity index (χ4n) is 2.82. The number of nitrogens with zero attached hydrogens (tertiary/aromatic N) is 4. The third-order valence-electron chi connectivity index (χ3n) is 4.41. The third kappa shape index (κ3) is 6.57. The average Bonchev–Trinajstić information content (AvgIpc) is 3.17. The summed E-state index contributed by atoms with van der Waals surface area (Å²) in [5, 5.41) is 6.50. The monoisotopic (exact) mass is 381 g/mol. The topological polar surface area (TPSA) is 70.1 Å². The molecule has 1 aliphatic rings. The number of likely N-dealkylation sites (N-methyl/N-ethyl adjacent to an activating group) is 2. The van der Waals surface area contributed by atoms with Crippen LogP contribution in [0.5, 0.6) is 0 Å². The molecule has 1 aliphatic heterocycles. The van der Waals surface area contributed by atoms with Gasteiger partial charge < -0.3 is 19.9 Å². The van der Waals surface area contributed by atoms with Gasteiger partial charge in [0.15, 0.2) is 5.96 Å². The Labute approximate surface area is 160 Å². The molecule has 1 aromatic rings. The highest BCUT2D eigenvalue weighted by atomic mass is 32.1. The second kappa shape index (κ2) is 10.5. The first-order chi connectivity index (χ1) is 12.5. The zero-order valence-electron chi connectivity index (χ0n) is 16.3. The van der Waals surface area contributed by atoms with Gasteiger partial charge in [0.25, 0.3) is 0 Å². The lowest BCUT2D eigenvalue weighted by atomic mass is 10.1. The molecule has 2 unspecified atom stereocenters. The van der Waals surface area contributed by atoms with E-state index in [-0.39, 0.29) is 18.6 Å². The zero-order valence-corrected chi connectivity index (χ0v) is 17.1. The maximum atomic E-state index is 11.9. The second-order valence-corrected chi connectivity index (χ2v) is 7.88. The number of ether oxygens (including phenoxy) is 1. The molecule has 0 spiro atoms. The molecular formula is C18H31N5O2S. The number of guanidine groups is 1. The minimum atomic E-state index is -0.0143. The third-order valence-corrected chi connectivity index (χ3v) is 5.41. The number of rotatable bonds is 7. The van der Waals surface area contributed by atoms with Crippen molar-refractivity contribution in [3.63, 3.8) is 0 Å². The predicted molar refractivity (Wildman–Crippen MR) is 106 cm³/mol. The molecule has 2 rings (SSSR count). The second-order valence-electron chi connectivity index (χ2n) is 6.95. The molecule has 2 atom stereocenters. The number of hydrogen-bond donors (Lipinski definition) is 1. The summed E-state index contributed by atoms with van der Waals surface area (Å²) < 4.78 is 5.79. The molecule has 26 heavy (non-hydrogen) atoms. The lowest BCUT2D eigenvalue weighted by Crippen LogP contribution is -2.45. The molecule has 1 saturated heterocycles. The van der Waals surface area contributed by atoms with Crippen molar-refractivity contribution >= 4 is 23.2 Å². The van der Waals surface area contributed by atoms with Crippen LogP contribution in [0.25, 0.3) is 0 Å². The maximum Gasteiger partial charge on any atom is 0.243 e. The van der Waals surface area contributed by atoms with Crippen molar-refractivity contribution in [2.45, 2.75) is 38.2 Å². The molecule has 1 fully saturated rings. The van der Waals surface area contributed by atoms with Crippen LogP contribution in [0.3, 0.4) is 0 Å². The Kier molecular flexibility index (Phi) is 8.31. The first-order valence-corrected chi connectivity index (χ1v) is 10.1. The largest absolute Gasteiger partial charge is 0.376 e. The molecule has 0 bridgehead atoms. The summed E-state index contributed by atoms with van der Waals surface area (Å²) in [7, 11) is 5.49. The Bertz CT molecular complexity index is 570. The summed E-state index contributed by atoms with van der Waals surface area (Å²) in [6.07, 6.45) is 5.45. The Morgan fingerprint density at radius 3 is 2.88 bits per heavy atom. The van der Waals surface area contributed by atoms with Gasteiger partial charge in [0.1, 0.15) is 6.54 Å². The van der Waals surface area contributed by atoms with Crippen molar-refractivity contribution in [3.05, 3.63) is 16.6 Å². The Balaban J connectivity index is 1.97. The highest BCUT2D eigenvalue weighted by molar-refractivity contribution is 7.09. The van der Waals surface area contributed by atoms with Crippen molar-refractivity contribution in [1.29, 1.82) is 0 Å². The van der Waals surface area contributed by atoms with Gasteiger partial charge in [-0.05, 0) is 19.3 Å². The van der Waals surface area contributed by atoms with Crippen LogP contribution in [-0.2, 0) is 9.53 Å². The molecule has 0 aromatic carbocycles. The van der Waals surface area contributed by atoms with Crippen LogP contribution in [0.4, 0.5) is 0 Å². The number of amides is 1. The fraction of sp³-hybridized carbons (Fsp3) is 0.722. The molecule has 7 nitrogen and oxygen atoms in total. The number of carbonyl (C=O) groups is 1. The molecule has 1 N–H and O–H groups in total. The highest BCUT2D eigenvalue weighted by Crippen LogP contribution is 2.18. The van der Waals surface area contributed by atoms with Crippen molar-refractivity contribution in [3.8, 4) is 0 Å². The standard InChI is InChI=1S/C18H31N5O2S/c1-14(17-19-8-10-26-17)13-23(4)18(21-12-16(24)22(2)3)20-11-15-7-5-6-9-25-15/h8,10,14-15H,5-7,9,11-13H2,1-4H3,(H,20,21). The summed E-state index contributed by atoms with van der Waals surface area (Å²) >= 11 is 1.66. The Morgan fingerprint density at radius 1 is 1.46 bits per heavy atom. The van der Waals surface area contributed by atoms with Crippen LogP contribution in [0.2, 0.25) is 0 Å². The Morgan fingerprint density at radius 2 is 2.27 bits per heavy atom. The van der Waals surface area contributed by atoms with Crippen LogP contribution in [0.1, 0.15) is 37.1 Å². The predicted octanol–water partition coefficient (Wildman–Crippen LogP) is 1.78. The van der Waals surface area contributed by atoms with Crippen molar-refractivity contribution in [2.24, 2.45) is 4.99 Å². The molecule has 1 amide bonds. The fourth-order valence-corrected chi connectivity index (χ4v) is 3.51. The summed E-state index contributed by atoms with van der Waals surface area (Å²) in [5.74, 6) is 1.01. The van der Waals surface area contributed by atoms with Crippen LogP contribution in [-0.4, -0.2) is 80.1 Å². The van der Waals surface area contributed by atoms with Gasteiger partial charge in [-0.1, -0.05) is 6.92 Å². The summed E-state index contributed by atoms with van der Waals surface area (Å²) in [5.41, 5.74) is 0. The van der Waals surface area contributed by atoms with E-state index in [1.807, 2.05) is 18.6 Å². The van der Waals surface area contributed by atoms with E-state index in [0.29, 0.717) is 12.5 Å².